The Balaban J connectivity index is 1.64. The van der Waals surface area contributed by atoms with Crippen molar-refractivity contribution in [3.05, 3.63) is 81.0 Å². The lowest BCUT2D eigenvalue weighted by Crippen LogP contribution is -2.30. The minimum Gasteiger partial charge on any atom is -0.507 e. The maximum absolute atomic E-state index is 12.5. The number of aromatic hydroxyl groups is 1. The molecule has 2 heterocycles. The normalized spacial score (nSPS) is 12.3. The van der Waals surface area contributed by atoms with Crippen LogP contribution < -0.4 is 21.4 Å². The van der Waals surface area contributed by atoms with Gasteiger partial charge in [-0.05, 0) is 24.3 Å². The first-order valence-corrected chi connectivity index (χ1v) is 10.1. The Hall–Kier alpha value is -4.38. The lowest BCUT2D eigenvalue weighted by atomic mass is 10.2. The van der Waals surface area contributed by atoms with Gasteiger partial charge in [0, 0.05) is 12.6 Å². The Morgan fingerprint density at radius 1 is 1.18 bits per heavy atom. The van der Waals surface area contributed by atoms with Crippen molar-refractivity contribution in [1.29, 1.82) is 0 Å². The number of imidazole rings is 1. The molecular weight excluding hydrogens is 428 g/mol. The molecule has 0 saturated heterocycles. The molecule has 1 atom stereocenters. The van der Waals surface area contributed by atoms with Crippen molar-refractivity contribution < 1.29 is 14.9 Å². The number of hydrogen-bond donors (Lipinski definition) is 4. The molecular formula is C22H22N6O5. The van der Waals surface area contributed by atoms with E-state index in [1.165, 1.54) is 28.5 Å². The number of hydrogen-bond acceptors (Lipinski definition) is 8. The minimum absolute atomic E-state index is 0.0338. The van der Waals surface area contributed by atoms with Gasteiger partial charge >= 0.3 is 5.69 Å². The maximum atomic E-state index is 12.5. The summed E-state index contributed by atoms with van der Waals surface area (Å²) in [6.07, 6.45) is 0.388. The number of rotatable bonds is 8. The van der Waals surface area contributed by atoms with E-state index in [4.69, 9.17) is 4.74 Å². The van der Waals surface area contributed by atoms with Crippen LogP contribution in [-0.2, 0) is 13.6 Å². The van der Waals surface area contributed by atoms with E-state index < -0.39 is 17.4 Å². The van der Waals surface area contributed by atoms with Gasteiger partial charge in [-0.1, -0.05) is 30.3 Å². The van der Waals surface area contributed by atoms with Crippen LogP contribution in [0.25, 0.3) is 11.2 Å². The third kappa shape index (κ3) is 4.77. The number of nitrogens with one attached hydrogen (secondary N) is 2. The van der Waals surface area contributed by atoms with Crippen LogP contribution in [0.1, 0.15) is 5.56 Å². The Bertz CT molecular complexity index is 1410. The summed E-state index contributed by atoms with van der Waals surface area (Å²) in [4.78, 5) is 31.1. The molecule has 0 aliphatic carbocycles. The summed E-state index contributed by atoms with van der Waals surface area (Å²) in [5.74, 6) is 0.768. The number of ether oxygens (including phenoxy) is 1. The molecule has 0 fully saturated rings. The molecule has 2 aromatic carbocycles. The highest BCUT2D eigenvalue weighted by atomic mass is 16.5. The number of phenols is 1. The molecule has 170 valence electrons. The van der Waals surface area contributed by atoms with Gasteiger partial charge in [0.1, 0.15) is 24.2 Å². The van der Waals surface area contributed by atoms with E-state index >= 15 is 0 Å². The van der Waals surface area contributed by atoms with E-state index in [0.29, 0.717) is 11.3 Å². The molecule has 0 unspecified atom stereocenters. The van der Waals surface area contributed by atoms with Crippen LogP contribution >= 0.6 is 0 Å². The summed E-state index contributed by atoms with van der Waals surface area (Å²) >= 11 is 0. The second-order valence-electron chi connectivity index (χ2n) is 7.24. The number of anilines is 1. The SMILES string of the molecule is Cn1c(=O)[nH]c(=O)c2c1nc(N/N=C\c1ccccc1O)n2C[C@@H](O)COc1ccccc1. The topological polar surface area (TPSA) is 147 Å². The molecule has 0 aliphatic heterocycles. The van der Waals surface area contributed by atoms with Crippen LogP contribution in [0.2, 0.25) is 0 Å². The lowest BCUT2D eigenvalue weighted by molar-refractivity contribution is 0.0938. The third-order valence-electron chi connectivity index (χ3n) is 4.89. The number of hydrazone groups is 1. The molecule has 2 aromatic heterocycles. The molecule has 0 bridgehead atoms. The monoisotopic (exact) mass is 450 g/mol. The van der Waals surface area contributed by atoms with Crippen molar-refractivity contribution in [3.8, 4) is 11.5 Å². The van der Waals surface area contributed by atoms with Crippen molar-refractivity contribution in [2.45, 2.75) is 12.6 Å². The number of para-hydroxylation sites is 2. The maximum Gasteiger partial charge on any atom is 0.329 e. The second-order valence-corrected chi connectivity index (χ2v) is 7.24. The fraction of sp³-hybridized carbons (Fsp3) is 0.182. The standard InChI is InChI=1S/C22H22N6O5/c1-27-19-18(20(31)25-22(27)32)28(12-15(29)13-33-16-8-3-2-4-9-16)21(24-19)26-23-11-14-7-5-6-10-17(14)30/h2-11,15,29-30H,12-13H2,1H3,(H,24,26)(H,25,31,32)/b23-11-/t15-/m1/s1. The third-order valence-corrected chi connectivity index (χ3v) is 4.89. The zero-order valence-corrected chi connectivity index (χ0v) is 17.7. The van der Waals surface area contributed by atoms with Crippen LogP contribution in [0.5, 0.6) is 11.5 Å². The second kappa shape index (κ2) is 9.40. The fourth-order valence-electron chi connectivity index (χ4n) is 3.23. The number of benzene rings is 2. The zero-order chi connectivity index (χ0) is 23.4. The molecule has 11 nitrogen and oxygen atoms in total. The largest absolute Gasteiger partial charge is 0.507 e. The van der Waals surface area contributed by atoms with E-state index in [2.05, 4.69) is 20.5 Å². The van der Waals surface area contributed by atoms with Gasteiger partial charge in [-0.2, -0.15) is 10.1 Å². The van der Waals surface area contributed by atoms with Gasteiger partial charge in [0.05, 0.1) is 12.8 Å². The Labute approximate surface area is 187 Å². The molecule has 33 heavy (non-hydrogen) atoms. The zero-order valence-electron chi connectivity index (χ0n) is 17.7. The highest BCUT2D eigenvalue weighted by Crippen LogP contribution is 2.18. The first-order chi connectivity index (χ1) is 15.9. The van der Waals surface area contributed by atoms with Gasteiger partial charge in [0.25, 0.3) is 5.56 Å². The summed E-state index contributed by atoms with van der Waals surface area (Å²) in [5.41, 5.74) is 2.15. The molecule has 11 heteroatoms. The molecule has 0 amide bonds. The summed E-state index contributed by atoms with van der Waals surface area (Å²) < 4.78 is 8.21. The van der Waals surface area contributed by atoms with Crippen molar-refractivity contribution in [2.75, 3.05) is 12.0 Å². The predicted molar refractivity (Wildman–Crippen MR) is 123 cm³/mol. The summed E-state index contributed by atoms with van der Waals surface area (Å²) in [6, 6.07) is 15.6. The summed E-state index contributed by atoms with van der Waals surface area (Å²) in [7, 11) is 1.47. The molecule has 4 rings (SSSR count). The van der Waals surface area contributed by atoms with Crippen molar-refractivity contribution in [3.63, 3.8) is 0 Å². The quantitative estimate of drug-likeness (QED) is 0.231. The number of aliphatic hydroxyl groups excluding tert-OH is 1. The molecule has 0 saturated carbocycles. The number of H-pyrrole nitrogens is 1. The number of fused-ring (bicyclic) bond motifs is 1. The van der Waals surface area contributed by atoms with E-state index in [-0.39, 0.29) is 36.0 Å². The molecule has 4 N–H and O–H groups in total. The Morgan fingerprint density at radius 3 is 2.67 bits per heavy atom. The van der Waals surface area contributed by atoms with Crippen molar-refractivity contribution in [1.82, 2.24) is 19.1 Å². The summed E-state index contributed by atoms with van der Waals surface area (Å²) in [6.45, 7) is -0.0903. The molecule has 0 radical (unpaired) electrons. The van der Waals surface area contributed by atoms with Crippen LogP contribution in [-0.4, -0.2) is 48.2 Å². The number of phenolic OH excluding ortho intramolecular Hbond substituents is 1. The van der Waals surface area contributed by atoms with E-state index in [1.807, 2.05) is 18.2 Å². The molecule has 0 spiro atoms. The van der Waals surface area contributed by atoms with Gasteiger partial charge in [0.15, 0.2) is 11.2 Å². The summed E-state index contributed by atoms with van der Waals surface area (Å²) in [5, 5.41) is 24.5. The smallest absolute Gasteiger partial charge is 0.329 e. The highest BCUT2D eigenvalue weighted by Gasteiger charge is 2.20. The molecule has 0 aliphatic rings. The van der Waals surface area contributed by atoms with Gasteiger partial charge < -0.3 is 19.5 Å². The van der Waals surface area contributed by atoms with Crippen LogP contribution in [0.15, 0.2) is 69.3 Å². The lowest BCUT2D eigenvalue weighted by Gasteiger charge is -2.15. The van der Waals surface area contributed by atoms with Crippen LogP contribution in [0.3, 0.4) is 0 Å². The van der Waals surface area contributed by atoms with E-state index in [1.54, 1.807) is 30.3 Å². The van der Waals surface area contributed by atoms with Gasteiger partial charge in [0.2, 0.25) is 5.95 Å². The fourth-order valence-corrected chi connectivity index (χ4v) is 3.23. The predicted octanol–water partition coefficient (Wildman–Crippen LogP) is 1.01. The first kappa shape index (κ1) is 21.8. The average molecular weight is 450 g/mol. The van der Waals surface area contributed by atoms with Crippen molar-refractivity contribution in [2.24, 2.45) is 12.1 Å². The van der Waals surface area contributed by atoms with Gasteiger partial charge in [-0.25, -0.2) is 10.2 Å². The number of aromatic amines is 1. The number of aliphatic hydroxyl groups is 1. The van der Waals surface area contributed by atoms with Gasteiger partial charge in [-0.15, -0.1) is 0 Å². The van der Waals surface area contributed by atoms with E-state index in [9.17, 15) is 19.8 Å². The first-order valence-electron chi connectivity index (χ1n) is 10.1. The van der Waals surface area contributed by atoms with Crippen LogP contribution in [0, 0.1) is 0 Å². The number of nitrogens with zero attached hydrogens (tertiary/aromatic N) is 4. The Morgan fingerprint density at radius 2 is 1.91 bits per heavy atom. The van der Waals surface area contributed by atoms with E-state index in [0.717, 1.165) is 0 Å². The highest BCUT2D eigenvalue weighted by molar-refractivity contribution is 5.83. The Kier molecular flexibility index (Phi) is 6.22. The average Bonchev–Trinajstić information content (AvgIpc) is 3.17. The number of aryl methyl sites for hydroxylation is 1. The van der Waals surface area contributed by atoms with Crippen molar-refractivity contribution >= 4 is 23.3 Å². The molecule has 4 aromatic rings. The van der Waals surface area contributed by atoms with Gasteiger partial charge in [-0.3, -0.25) is 14.3 Å². The van der Waals surface area contributed by atoms with Crippen LogP contribution in [0.4, 0.5) is 5.95 Å². The minimum atomic E-state index is -0.998. The number of aromatic nitrogens is 4.